The number of hydrogen-bond acceptors (Lipinski definition) is 3. The van der Waals surface area contributed by atoms with Gasteiger partial charge in [0.25, 0.3) is 0 Å². The largest absolute Gasteiger partial charge is 0.478 e. The standard InChI is InChI=1S/C13H19N3OS/c1-2-17-12-8-7-11(9-14-12)16-13(18)15-10-5-3-4-6-10/h7-10H,2-6H2,1H3,(H2,15,16,18). The Bertz CT molecular complexity index is 388. The lowest BCUT2D eigenvalue weighted by atomic mass is 10.3. The average Bonchev–Trinajstić information content (AvgIpc) is 2.84. The van der Waals surface area contributed by atoms with Crippen molar-refractivity contribution < 1.29 is 4.74 Å². The zero-order valence-electron chi connectivity index (χ0n) is 10.6. The van der Waals surface area contributed by atoms with E-state index in [1.165, 1.54) is 25.7 Å². The Labute approximate surface area is 113 Å². The third-order valence-corrected chi connectivity index (χ3v) is 3.20. The van der Waals surface area contributed by atoms with E-state index in [1.807, 2.05) is 19.1 Å². The van der Waals surface area contributed by atoms with Crippen LogP contribution in [0.5, 0.6) is 5.88 Å². The summed E-state index contributed by atoms with van der Waals surface area (Å²) in [6.07, 6.45) is 6.75. The summed E-state index contributed by atoms with van der Waals surface area (Å²) in [5.41, 5.74) is 0.883. The van der Waals surface area contributed by atoms with Crippen LogP contribution in [-0.4, -0.2) is 22.7 Å². The van der Waals surface area contributed by atoms with Crippen LogP contribution in [0, 0.1) is 0 Å². The Kier molecular flexibility index (Phi) is 4.75. The summed E-state index contributed by atoms with van der Waals surface area (Å²) in [4.78, 5) is 4.18. The summed E-state index contributed by atoms with van der Waals surface area (Å²) in [6.45, 7) is 2.57. The molecule has 98 valence electrons. The first kappa shape index (κ1) is 13.1. The van der Waals surface area contributed by atoms with Crippen LogP contribution in [0.25, 0.3) is 0 Å². The van der Waals surface area contributed by atoms with Gasteiger partial charge in [0.15, 0.2) is 5.11 Å². The van der Waals surface area contributed by atoms with Crippen molar-refractivity contribution in [3.05, 3.63) is 18.3 Å². The van der Waals surface area contributed by atoms with Gasteiger partial charge in [0.2, 0.25) is 5.88 Å². The van der Waals surface area contributed by atoms with Crippen molar-refractivity contribution in [3.8, 4) is 5.88 Å². The molecular weight excluding hydrogens is 246 g/mol. The van der Waals surface area contributed by atoms with Gasteiger partial charge in [-0.25, -0.2) is 4.98 Å². The van der Waals surface area contributed by atoms with Crippen LogP contribution < -0.4 is 15.4 Å². The smallest absolute Gasteiger partial charge is 0.213 e. The van der Waals surface area contributed by atoms with E-state index in [0.717, 1.165) is 5.69 Å². The fraction of sp³-hybridized carbons (Fsp3) is 0.538. The molecule has 1 heterocycles. The monoisotopic (exact) mass is 265 g/mol. The summed E-state index contributed by atoms with van der Waals surface area (Å²) in [7, 11) is 0. The minimum Gasteiger partial charge on any atom is -0.478 e. The van der Waals surface area contributed by atoms with E-state index in [9.17, 15) is 0 Å². The summed E-state index contributed by atoms with van der Waals surface area (Å²) in [5, 5.41) is 7.14. The molecule has 0 atom stereocenters. The van der Waals surface area contributed by atoms with Gasteiger partial charge in [-0.3, -0.25) is 0 Å². The van der Waals surface area contributed by atoms with E-state index in [0.29, 0.717) is 23.6 Å². The highest BCUT2D eigenvalue weighted by Crippen LogP contribution is 2.18. The predicted molar refractivity (Wildman–Crippen MR) is 77.0 cm³/mol. The van der Waals surface area contributed by atoms with Gasteiger partial charge >= 0.3 is 0 Å². The molecular formula is C13H19N3OS. The van der Waals surface area contributed by atoms with Crippen molar-refractivity contribution in [2.45, 2.75) is 38.6 Å². The average molecular weight is 265 g/mol. The van der Waals surface area contributed by atoms with E-state index in [1.54, 1.807) is 6.20 Å². The molecule has 0 unspecified atom stereocenters. The highest BCUT2D eigenvalue weighted by atomic mass is 32.1. The summed E-state index contributed by atoms with van der Waals surface area (Å²) < 4.78 is 5.29. The van der Waals surface area contributed by atoms with Crippen molar-refractivity contribution in [1.82, 2.24) is 10.3 Å². The van der Waals surface area contributed by atoms with Gasteiger partial charge in [0.05, 0.1) is 18.5 Å². The van der Waals surface area contributed by atoms with Crippen LogP contribution in [0.3, 0.4) is 0 Å². The van der Waals surface area contributed by atoms with E-state index >= 15 is 0 Å². The van der Waals surface area contributed by atoms with Gasteiger partial charge in [0, 0.05) is 12.1 Å². The Morgan fingerprint density at radius 3 is 2.83 bits per heavy atom. The van der Waals surface area contributed by atoms with Gasteiger partial charge in [-0.15, -0.1) is 0 Å². The number of nitrogens with zero attached hydrogens (tertiary/aromatic N) is 1. The van der Waals surface area contributed by atoms with Crippen LogP contribution in [0.15, 0.2) is 18.3 Å². The number of pyridine rings is 1. The molecule has 0 spiro atoms. The molecule has 1 saturated carbocycles. The quantitative estimate of drug-likeness (QED) is 0.820. The Balaban J connectivity index is 1.82. The van der Waals surface area contributed by atoms with Gasteiger partial charge in [0.1, 0.15) is 0 Å². The van der Waals surface area contributed by atoms with E-state index in [4.69, 9.17) is 17.0 Å². The first-order valence-corrected chi connectivity index (χ1v) is 6.85. The number of nitrogens with one attached hydrogen (secondary N) is 2. The molecule has 0 amide bonds. The van der Waals surface area contributed by atoms with Crippen LogP contribution in [0.4, 0.5) is 5.69 Å². The number of anilines is 1. The Morgan fingerprint density at radius 1 is 1.44 bits per heavy atom. The third-order valence-electron chi connectivity index (χ3n) is 2.98. The molecule has 1 aromatic rings. The van der Waals surface area contributed by atoms with Gasteiger partial charge in [-0.1, -0.05) is 12.8 Å². The second kappa shape index (κ2) is 6.54. The zero-order chi connectivity index (χ0) is 12.8. The van der Waals surface area contributed by atoms with Crippen molar-refractivity contribution in [2.75, 3.05) is 11.9 Å². The van der Waals surface area contributed by atoms with Crippen molar-refractivity contribution >= 4 is 23.0 Å². The lowest BCUT2D eigenvalue weighted by Crippen LogP contribution is -2.35. The molecule has 1 aliphatic carbocycles. The minimum absolute atomic E-state index is 0.528. The molecule has 4 nitrogen and oxygen atoms in total. The lowest BCUT2D eigenvalue weighted by Gasteiger charge is -2.15. The zero-order valence-corrected chi connectivity index (χ0v) is 11.4. The molecule has 0 bridgehead atoms. The Hall–Kier alpha value is -1.36. The van der Waals surface area contributed by atoms with Crippen molar-refractivity contribution in [1.29, 1.82) is 0 Å². The number of rotatable bonds is 4. The van der Waals surface area contributed by atoms with E-state index in [-0.39, 0.29) is 0 Å². The first-order chi connectivity index (χ1) is 8.78. The minimum atomic E-state index is 0.528. The first-order valence-electron chi connectivity index (χ1n) is 6.44. The Morgan fingerprint density at radius 2 is 2.22 bits per heavy atom. The maximum absolute atomic E-state index is 5.29. The van der Waals surface area contributed by atoms with Crippen LogP contribution >= 0.6 is 12.2 Å². The van der Waals surface area contributed by atoms with Crippen molar-refractivity contribution in [2.24, 2.45) is 0 Å². The maximum Gasteiger partial charge on any atom is 0.213 e. The van der Waals surface area contributed by atoms with Gasteiger partial charge in [-0.2, -0.15) is 0 Å². The van der Waals surface area contributed by atoms with E-state index in [2.05, 4.69) is 15.6 Å². The molecule has 0 aromatic carbocycles. The van der Waals surface area contributed by atoms with E-state index < -0.39 is 0 Å². The normalized spacial score (nSPS) is 15.4. The van der Waals surface area contributed by atoms with Crippen LogP contribution in [0.2, 0.25) is 0 Å². The number of thiocarbonyl (C=S) groups is 1. The maximum atomic E-state index is 5.29. The molecule has 0 aliphatic heterocycles. The second-order valence-electron chi connectivity index (χ2n) is 4.40. The second-order valence-corrected chi connectivity index (χ2v) is 4.81. The summed E-state index contributed by atoms with van der Waals surface area (Å²) >= 11 is 5.28. The fourth-order valence-electron chi connectivity index (χ4n) is 2.11. The molecule has 0 saturated heterocycles. The molecule has 2 rings (SSSR count). The number of aromatic nitrogens is 1. The molecule has 1 fully saturated rings. The van der Waals surface area contributed by atoms with Crippen LogP contribution in [-0.2, 0) is 0 Å². The third kappa shape index (κ3) is 3.84. The number of ether oxygens (including phenoxy) is 1. The highest BCUT2D eigenvalue weighted by Gasteiger charge is 2.15. The molecule has 2 N–H and O–H groups in total. The molecule has 1 aliphatic rings. The fourth-order valence-corrected chi connectivity index (χ4v) is 2.39. The molecule has 18 heavy (non-hydrogen) atoms. The summed E-state index contributed by atoms with van der Waals surface area (Å²) in [6, 6.07) is 4.28. The molecule has 5 heteroatoms. The predicted octanol–water partition coefficient (Wildman–Crippen LogP) is 2.71. The van der Waals surface area contributed by atoms with Crippen LogP contribution in [0.1, 0.15) is 32.6 Å². The molecule has 1 aromatic heterocycles. The summed E-state index contributed by atoms with van der Waals surface area (Å²) in [5.74, 6) is 0.637. The lowest BCUT2D eigenvalue weighted by molar-refractivity contribution is 0.327. The molecule has 0 radical (unpaired) electrons. The topological polar surface area (TPSA) is 46.2 Å². The van der Waals surface area contributed by atoms with Gasteiger partial charge < -0.3 is 15.4 Å². The number of hydrogen-bond donors (Lipinski definition) is 2. The van der Waals surface area contributed by atoms with Gasteiger partial charge in [-0.05, 0) is 38.0 Å². The SMILES string of the molecule is CCOc1ccc(NC(=S)NC2CCCC2)cn1. The van der Waals surface area contributed by atoms with Crippen molar-refractivity contribution in [3.63, 3.8) is 0 Å². The highest BCUT2D eigenvalue weighted by molar-refractivity contribution is 7.80.